The van der Waals surface area contributed by atoms with E-state index in [-0.39, 0.29) is 5.60 Å². The van der Waals surface area contributed by atoms with Crippen LogP contribution in [-0.4, -0.2) is 5.60 Å². The molecule has 0 aliphatic carbocycles. The first-order chi connectivity index (χ1) is 5.64. The molecule has 0 fully saturated rings. The Hall–Kier alpha value is -0.760. The molecule has 0 aliphatic heterocycles. The van der Waals surface area contributed by atoms with Gasteiger partial charge in [0.05, 0.1) is 11.9 Å². The van der Waals surface area contributed by atoms with E-state index in [0.717, 1.165) is 12.2 Å². The summed E-state index contributed by atoms with van der Waals surface area (Å²) < 4.78 is 10.8. The van der Waals surface area contributed by atoms with Gasteiger partial charge in [0.1, 0.15) is 12.4 Å². The van der Waals surface area contributed by atoms with E-state index in [2.05, 4.69) is 20.8 Å². The van der Waals surface area contributed by atoms with E-state index >= 15 is 0 Å². The lowest BCUT2D eigenvalue weighted by Gasteiger charge is -2.22. The van der Waals surface area contributed by atoms with E-state index in [1.165, 1.54) is 0 Å². The van der Waals surface area contributed by atoms with Gasteiger partial charge in [-0.25, -0.2) is 0 Å². The van der Waals surface area contributed by atoms with Crippen molar-refractivity contribution in [2.75, 3.05) is 0 Å². The monoisotopic (exact) mass is 168 g/mol. The maximum Gasteiger partial charge on any atom is 0.129 e. The molecule has 0 amide bonds. The molecule has 0 N–H and O–H groups in total. The average Bonchev–Trinajstić information content (AvgIpc) is 2.53. The van der Waals surface area contributed by atoms with Crippen LogP contribution in [0.25, 0.3) is 0 Å². The fourth-order valence-electron chi connectivity index (χ4n) is 0.763. The molecular weight excluding hydrogens is 152 g/mol. The Morgan fingerprint density at radius 1 is 1.50 bits per heavy atom. The molecule has 1 aromatic heterocycles. The first-order valence-electron chi connectivity index (χ1n) is 4.30. The minimum atomic E-state index is -0.0488. The third-order valence-corrected chi connectivity index (χ3v) is 2.04. The van der Waals surface area contributed by atoms with Crippen molar-refractivity contribution in [1.82, 2.24) is 0 Å². The summed E-state index contributed by atoms with van der Waals surface area (Å²) in [6.07, 6.45) is 2.67. The predicted molar refractivity (Wildman–Crippen MR) is 47.9 cm³/mol. The van der Waals surface area contributed by atoms with Crippen LogP contribution in [0.5, 0.6) is 0 Å². The summed E-state index contributed by atoms with van der Waals surface area (Å²) in [5.74, 6) is 0.886. The summed E-state index contributed by atoms with van der Waals surface area (Å²) >= 11 is 0. The summed E-state index contributed by atoms with van der Waals surface area (Å²) in [5.41, 5.74) is -0.0488. The number of furan rings is 1. The maximum absolute atomic E-state index is 5.63. The molecule has 0 saturated heterocycles. The third-order valence-electron chi connectivity index (χ3n) is 2.04. The highest BCUT2D eigenvalue weighted by Gasteiger charge is 2.15. The van der Waals surface area contributed by atoms with Gasteiger partial charge in [0.25, 0.3) is 0 Å². The molecule has 0 saturated carbocycles. The topological polar surface area (TPSA) is 22.4 Å². The Morgan fingerprint density at radius 2 is 2.25 bits per heavy atom. The second-order valence-electron chi connectivity index (χ2n) is 3.48. The van der Waals surface area contributed by atoms with Crippen LogP contribution in [0.3, 0.4) is 0 Å². The highest BCUT2D eigenvalue weighted by atomic mass is 16.5. The van der Waals surface area contributed by atoms with E-state index in [1.54, 1.807) is 6.26 Å². The molecule has 1 rings (SSSR count). The van der Waals surface area contributed by atoms with Crippen molar-refractivity contribution in [2.24, 2.45) is 0 Å². The van der Waals surface area contributed by atoms with Crippen LogP contribution in [-0.2, 0) is 11.3 Å². The van der Waals surface area contributed by atoms with E-state index in [9.17, 15) is 0 Å². The van der Waals surface area contributed by atoms with Gasteiger partial charge >= 0.3 is 0 Å². The summed E-state index contributed by atoms with van der Waals surface area (Å²) in [6.45, 7) is 6.84. The van der Waals surface area contributed by atoms with Gasteiger partial charge in [-0.15, -0.1) is 0 Å². The van der Waals surface area contributed by atoms with E-state index < -0.39 is 0 Å². The quantitative estimate of drug-likeness (QED) is 0.689. The SMILES string of the molecule is CCC(C)(C)OCc1ccco1. The van der Waals surface area contributed by atoms with Crippen molar-refractivity contribution in [3.05, 3.63) is 24.2 Å². The van der Waals surface area contributed by atoms with E-state index in [1.807, 2.05) is 12.1 Å². The Balaban J connectivity index is 2.36. The van der Waals surface area contributed by atoms with Crippen LogP contribution in [0.15, 0.2) is 22.8 Å². The second-order valence-corrected chi connectivity index (χ2v) is 3.48. The average molecular weight is 168 g/mol. The normalized spacial score (nSPS) is 11.9. The van der Waals surface area contributed by atoms with E-state index in [4.69, 9.17) is 9.15 Å². The maximum atomic E-state index is 5.63. The van der Waals surface area contributed by atoms with Gasteiger partial charge in [-0.3, -0.25) is 0 Å². The fraction of sp³-hybridized carbons (Fsp3) is 0.600. The lowest BCUT2D eigenvalue weighted by Crippen LogP contribution is -2.22. The van der Waals surface area contributed by atoms with Crippen LogP contribution >= 0.6 is 0 Å². The van der Waals surface area contributed by atoms with Crippen molar-refractivity contribution in [3.63, 3.8) is 0 Å². The highest BCUT2D eigenvalue weighted by Crippen LogP contribution is 2.16. The van der Waals surface area contributed by atoms with Crippen LogP contribution in [0, 0.1) is 0 Å². The van der Waals surface area contributed by atoms with Crippen LogP contribution in [0.4, 0.5) is 0 Å². The van der Waals surface area contributed by atoms with Crippen molar-refractivity contribution < 1.29 is 9.15 Å². The Kier molecular flexibility index (Phi) is 2.93. The Morgan fingerprint density at radius 3 is 2.75 bits per heavy atom. The molecule has 0 unspecified atom stereocenters. The van der Waals surface area contributed by atoms with Crippen LogP contribution < -0.4 is 0 Å². The fourth-order valence-corrected chi connectivity index (χ4v) is 0.763. The van der Waals surface area contributed by atoms with Gasteiger partial charge < -0.3 is 9.15 Å². The number of hydrogen-bond donors (Lipinski definition) is 0. The lowest BCUT2D eigenvalue weighted by atomic mass is 10.1. The van der Waals surface area contributed by atoms with E-state index in [0.29, 0.717) is 6.61 Å². The zero-order valence-electron chi connectivity index (χ0n) is 7.96. The standard InChI is InChI=1S/C10H16O2/c1-4-10(2,3)12-8-9-6-5-7-11-9/h5-7H,4,8H2,1-3H3. The molecule has 1 aromatic rings. The first-order valence-corrected chi connectivity index (χ1v) is 4.30. The molecule has 2 heteroatoms. The minimum absolute atomic E-state index is 0.0488. The zero-order valence-corrected chi connectivity index (χ0v) is 7.96. The van der Waals surface area contributed by atoms with Gasteiger partial charge in [0, 0.05) is 0 Å². The molecule has 1 heterocycles. The number of ether oxygens (including phenoxy) is 1. The minimum Gasteiger partial charge on any atom is -0.467 e. The Bertz CT molecular complexity index is 212. The number of rotatable bonds is 4. The molecule has 0 aliphatic rings. The molecule has 12 heavy (non-hydrogen) atoms. The van der Waals surface area contributed by atoms with Crippen LogP contribution in [0.2, 0.25) is 0 Å². The van der Waals surface area contributed by atoms with Gasteiger partial charge in [0.2, 0.25) is 0 Å². The molecular formula is C10H16O2. The van der Waals surface area contributed by atoms with Gasteiger partial charge in [-0.05, 0) is 32.4 Å². The summed E-state index contributed by atoms with van der Waals surface area (Å²) in [7, 11) is 0. The zero-order chi connectivity index (χ0) is 9.03. The first kappa shape index (κ1) is 9.33. The molecule has 0 bridgehead atoms. The molecule has 0 radical (unpaired) electrons. The van der Waals surface area contributed by atoms with Gasteiger partial charge in [-0.1, -0.05) is 6.92 Å². The lowest BCUT2D eigenvalue weighted by molar-refractivity contribution is -0.0383. The summed E-state index contributed by atoms with van der Waals surface area (Å²) in [4.78, 5) is 0. The van der Waals surface area contributed by atoms with Gasteiger partial charge in [0.15, 0.2) is 0 Å². The molecule has 0 spiro atoms. The second kappa shape index (κ2) is 3.76. The van der Waals surface area contributed by atoms with Crippen molar-refractivity contribution in [1.29, 1.82) is 0 Å². The number of hydrogen-bond acceptors (Lipinski definition) is 2. The van der Waals surface area contributed by atoms with Crippen molar-refractivity contribution >= 4 is 0 Å². The van der Waals surface area contributed by atoms with Crippen molar-refractivity contribution in [2.45, 2.75) is 39.4 Å². The molecule has 0 atom stereocenters. The summed E-state index contributed by atoms with van der Waals surface area (Å²) in [6, 6.07) is 3.80. The van der Waals surface area contributed by atoms with Crippen LogP contribution in [0.1, 0.15) is 33.0 Å². The largest absolute Gasteiger partial charge is 0.467 e. The molecule has 68 valence electrons. The van der Waals surface area contributed by atoms with Gasteiger partial charge in [-0.2, -0.15) is 0 Å². The smallest absolute Gasteiger partial charge is 0.129 e. The third kappa shape index (κ3) is 2.70. The molecule has 0 aromatic carbocycles. The molecule has 2 nitrogen and oxygen atoms in total. The van der Waals surface area contributed by atoms with Crippen molar-refractivity contribution in [3.8, 4) is 0 Å². The highest BCUT2D eigenvalue weighted by molar-refractivity contribution is 4.96. The predicted octanol–water partition coefficient (Wildman–Crippen LogP) is 2.98. The Labute approximate surface area is 73.5 Å². The summed E-state index contributed by atoms with van der Waals surface area (Å²) in [5, 5.41) is 0.